The molecular formula is C18H33N3. The van der Waals surface area contributed by atoms with E-state index in [0.717, 1.165) is 31.5 Å². The molecule has 3 heteroatoms. The second-order valence-corrected chi connectivity index (χ2v) is 7.62. The second kappa shape index (κ2) is 6.95. The lowest BCUT2D eigenvalue weighted by atomic mass is 9.65. The molecule has 1 aromatic rings. The SMILES string of the molecule is CCNCC1CCC(C(C)(C)C)CC1c1nccn1CC. The van der Waals surface area contributed by atoms with Crippen LogP contribution in [0.3, 0.4) is 0 Å². The third kappa shape index (κ3) is 3.88. The predicted octanol–water partition coefficient (Wildman–Crippen LogP) is 4.06. The summed E-state index contributed by atoms with van der Waals surface area (Å²) < 4.78 is 2.34. The molecule has 0 aromatic carbocycles. The third-order valence-electron chi connectivity index (χ3n) is 5.29. The Bertz CT molecular complexity index is 430. The zero-order valence-electron chi connectivity index (χ0n) is 14.5. The van der Waals surface area contributed by atoms with Gasteiger partial charge in [-0.2, -0.15) is 0 Å². The molecule has 1 N–H and O–H groups in total. The molecule has 0 aliphatic heterocycles. The number of aryl methyl sites for hydroxylation is 1. The first-order chi connectivity index (χ1) is 9.97. The minimum atomic E-state index is 0.408. The van der Waals surface area contributed by atoms with E-state index in [1.54, 1.807) is 0 Å². The molecule has 0 saturated heterocycles. The maximum absolute atomic E-state index is 4.72. The van der Waals surface area contributed by atoms with Crippen molar-refractivity contribution in [3.63, 3.8) is 0 Å². The minimum absolute atomic E-state index is 0.408. The van der Waals surface area contributed by atoms with Crippen LogP contribution in [0.15, 0.2) is 12.4 Å². The summed E-state index contributed by atoms with van der Waals surface area (Å²) in [5.41, 5.74) is 0.408. The maximum Gasteiger partial charge on any atom is 0.112 e. The summed E-state index contributed by atoms with van der Waals surface area (Å²) in [6.07, 6.45) is 8.10. The van der Waals surface area contributed by atoms with E-state index in [4.69, 9.17) is 4.98 Å². The van der Waals surface area contributed by atoms with Gasteiger partial charge >= 0.3 is 0 Å². The van der Waals surface area contributed by atoms with Crippen LogP contribution in [0.4, 0.5) is 0 Å². The van der Waals surface area contributed by atoms with Gasteiger partial charge in [-0.05, 0) is 56.5 Å². The molecule has 1 heterocycles. The van der Waals surface area contributed by atoms with Gasteiger partial charge in [-0.25, -0.2) is 4.98 Å². The molecule has 1 saturated carbocycles. The Morgan fingerprint density at radius 3 is 2.67 bits per heavy atom. The summed E-state index contributed by atoms with van der Waals surface area (Å²) in [7, 11) is 0. The molecule has 3 unspecified atom stereocenters. The fraction of sp³-hybridized carbons (Fsp3) is 0.833. The molecule has 0 radical (unpaired) electrons. The Hall–Kier alpha value is -0.830. The van der Waals surface area contributed by atoms with E-state index in [2.05, 4.69) is 50.7 Å². The maximum atomic E-state index is 4.72. The Balaban J connectivity index is 2.20. The average molecular weight is 291 g/mol. The molecule has 1 fully saturated rings. The van der Waals surface area contributed by atoms with E-state index >= 15 is 0 Å². The standard InChI is InChI=1S/C18H33N3/c1-6-19-13-14-8-9-15(18(3,4)5)12-16(14)17-20-10-11-21(17)7-2/h10-11,14-16,19H,6-9,12-13H2,1-5H3. The Morgan fingerprint density at radius 2 is 2.05 bits per heavy atom. The van der Waals surface area contributed by atoms with Crippen molar-refractivity contribution in [3.05, 3.63) is 18.2 Å². The van der Waals surface area contributed by atoms with Crippen LogP contribution in [0.25, 0.3) is 0 Å². The normalized spacial score (nSPS) is 27.0. The summed E-state index contributed by atoms with van der Waals surface area (Å²) in [6, 6.07) is 0. The number of nitrogens with zero attached hydrogens (tertiary/aromatic N) is 2. The van der Waals surface area contributed by atoms with Crippen molar-refractivity contribution in [1.82, 2.24) is 14.9 Å². The fourth-order valence-corrected chi connectivity index (χ4v) is 3.83. The van der Waals surface area contributed by atoms with Crippen molar-refractivity contribution in [2.24, 2.45) is 17.3 Å². The van der Waals surface area contributed by atoms with Crippen LogP contribution in [0, 0.1) is 17.3 Å². The van der Waals surface area contributed by atoms with Gasteiger partial charge in [0.1, 0.15) is 5.82 Å². The zero-order valence-corrected chi connectivity index (χ0v) is 14.5. The summed E-state index contributed by atoms with van der Waals surface area (Å²) in [4.78, 5) is 4.72. The van der Waals surface area contributed by atoms with Crippen LogP contribution in [0.1, 0.15) is 65.6 Å². The van der Waals surface area contributed by atoms with Gasteiger partial charge in [0.2, 0.25) is 0 Å². The number of rotatable bonds is 5. The highest BCUT2D eigenvalue weighted by molar-refractivity contribution is 5.06. The lowest BCUT2D eigenvalue weighted by Crippen LogP contribution is -2.36. The predicted molar refractivity (Wildman–Crippen MR) is 89.5 cm³/mol. The van der Waals surface area contributed by atoms with Crippen LogP contribution in [0.5, 0.6) is 0 Å². The van der Waals surface area contributed by atoms with Gasteiger partial charge in [0.15, 0.2) is 0 Å². The van der Waals surface area contributed by atoms with Crippen molar-refractivity contribution in [3.8, 4) is 0 Å². The molecule has 3 atom stereocenters. The average Bonchev–Trinajstić information content (AvgIpc) is 2.92. The lowest BCUT2D eigenvalue weighted by Gasteiger charge is -2.41. The van der Waals surface area contributed by atoms with Crippen molar-refractivity contribution in [2.75, 3.05) is 13.1 Å². The molecule has 1 aliphatic carbocycles. The van der Waals surface area contributed by atoms with Crippen LogP contribution >= 0.6 is 0 Å². The molecule has 2 rings (SSSR count). The number of hydrogen-bond donors (Lipinski definition) is 1. The summed E-state index contributed by atoms with van der Waals surface area (Å²) in [5.74, 6) is 3.46. The van der Waals surface area contributed by atoms with Gasteiger partial charge < -0.3 is 9.88 Å². The fourth-order valence-electron chi connectivity index (χ4n) is 3.83. The van der Waals surface area contributed by atoms with Gasteiger partial charge in [0.25, 0.3) is 0 Å². The number of imidazole rings is 1. The highest BCUT2D eigenvalue weighted by Crippen LogP contribution is 2.46. The van der Waals surface area contributed by atoms with E-state index in [-0.39, 0.29) is 0 Å². The van der Waals surface area contributed by atoms with Crippen molar-refractivity contribution < 1.29 is 0 Å². The van der Waals surface area contributed by atoms with Gasteiger partial charge in [-0.15, -0.1) is 0 Å². The molecule has 1 aliphatic rings. The summed E-state index contributed by atoms with van der Waals surface area (Å²) in [5, 5.41) is 3.56. The Labute approximate surface area is 130 Å². The van der Waals surface area contributed by atoms with E-state index in [1.807, 2.05) is 6.20 Å². The first kappa shape index (κ1) is 16.5. The van der Waals surface area contributed by atoms with Crippen LogP contribution < -0.4 is 5.32 Å². The van der Waals surface area contributed by atoms with Crippen LogP contribution in [-0.2, 0) is 6.54 Å². The van der Waals surface area contributed by atoms with E-state index in [0.29, 0.717) is 11.3 Å². The van der Waals surface area contributed by atoms with Gasteiger partial charge in [-0.1, -0.05) is 27.7 Å². The molecule has 120 valence electrons. The highest BCUT2D eigenvalue weighted by atomic mass is 15.1. The van der Waals surface area contributed by atoms with E-state index in [1.165, 1.54) is 25.1 Å². The van der Waals surface area contributed by atoms with E-state index < -0.39 is 0 Å². The van der Waals surface area contributed by atoms with Gasteiger partial charge in [-0.3, -0.25) is 0 Å². The first-order valence-corrected chi connectivity index (χ1v) is 8.69. The summed E-state index contributed by atoms with van der Waals surface area (Å²) in [6.45, 7) is 14.8. The molecular weight excluding hydrogens is 258 g/mol. The largest absolute Gasteiger partial charge is 0.335 e. The molecule has 3 nitrogen and oxygen atoms in total. The lowest BCUT2D eigenvalue weighted by molar-refractivity contribution is 0.125. The van der Waals surface area contributed by atoms with Crippen LogP contribution in [-0.4, -0.2) is 22.6 Å². The molecule has 0 spiro atoms. The highest BCUT2D eigenvalue weighted by Gasteiger charge is 2.37. The molecule has 0 bridgehead atoms. The molecule has 0 amide bonds. The minimum Gasteiger partial charge on any atom is -0.335 e. The summed E-state index contributed by atoms with van der Waals surface area (Å²) >= 11 is 0. The van der Waals surface area contributed by atoms with E-state index in [9.17, 15) is 0 Å². The van der Waals surface area contributed by atoms with Crippen molar-refractivity contribution in [1.29, 1.82) is 0 Å². The second-order valence-electron chi connectivity index (χ2n) is 7.62. The zero-order chi connectivity index (χ0) is 15.5. The van der Waals surface area contributed by atoms with Crippen molar-refractivity contribution >= 4 is 0 Å². The molecule has 21 heavy (non-hydrogen) atoms. The number of hydrogen-bond acceptors (Lipinski definition) is 2. The Morgan fingerprint density at radius 1 is 1.29 bits per heavy atom. The van der Waals surface area contributed by atoms with Gasteiger partial charge in [0.05, 0.1) is 0 Å². The monoisotopic (exact) mass is 291 g/mol. The quantitative estimate of drug-likeness (QED) is 0.886. The number of nitrogens with one attached hydrogen (secondary N) is 1. The first-order valence-electron chi connectivity index (χ1n) is 8.69. The van der Waals surface area contributed by atoms with Crippen LogP contribution in [0.2, 0.25) is 0 Å². The smallest absolute Gasteiger partial charge is 0.112 e. The topological polar surface area (TPSA) is 29.9 Å². The Kier molecular flexibility index (Phi) is 5.48. The van der Waals surface area contributed by atoms with Gasteiger partial charge in [0, 0.05) is 24.9 Å². The molecule has 1 aromatic heterocycles. The number of aromatic nitrogens is 2. The van der Waals surface area contributed by atoms with Crippen molar-refractivity contribution in [2.45, 2.75) is 66.3 Å². The third-order valence-corrected chi connectivity index (χ3v) is 5.29.